The van der Waals surface area contributed by atoms with Crippen molar-refractivity contribution in [1.29, 1.82) is 0 Å². The Morgan fingerprint density at radius 3 is 2.86 bits per heavy atom. The van der Waals surface area contributed by atoms with E-state index in [1.165, 1.54) is 31.8 Å². The molecule has 1 aliphatic heterocycles. The zero-order valence-corrected chi connectivity index (χ0v) is 8.96. The zero-order chi connectivity index (χ0) is 10.2. The van der Waals surface area contributed by atoms with Gasteiger partial charge >= 0.3 is 0 Å². The number of hydrogen-bond acceptors (Lipinski definition) is 1. The van der Waals surface area contributed by atoms with Crippen LogP contribution in [0.5, 0.6) is 0 Å². The molecule has 0 N–H and O–H groups in total. The van der Waals surface area contributed by atoms with Crippen molar-refractivity contribution in [3.8, 4) is 0 Å². The third-order valence-electron chi connectivity index (χ3n) is 3.92. The number of hydrogen-bond donors (Lipinski definition) is 0. The Kier molecular flexibility index (Phi) is 2.38. The smallest absolute Gasteiger partial charge is 0.245 e. The van der Waals surface area contributed by atoms with Crippen LogP contribution < -0.4 is 0 Å². The van der Waals surface area contributed by atoms with Crippen LogP contribution in [0.1, 0.15) is 32.6 Å². The summed E-state index contributed by atoms with van der Waals surface area (Å²) >= 11 is 0. The van der Waals surface area contributed by atoms with Crippen LogP contribution in [0, 0.1) is 11.3 Å². The lowest BCUT2D eigenvalue weighted by molar-refractivity contribution is -0.137. The highest BCUT2D eigenvalue weighted by atomic mass is 16.2. The quantitative estimate of drug-likeness (QED) is 0.616. The number of carbonyl (C=O) groups excluding carboxylic acids is 1. The van der Waals surface area contributed by atoms with Gasteiger partial charge in [-0.25, -0.2) is 0 Å². The van der Waals surface area contributed by atoms with E-state index in [2.05, 4.69) is 13.5 Å². The molecular weight excluding hydrogens is 174 g/mol. The van der Waals surface area contributed by atoms with Crippen LogP contribution in [0.2, 0.25) is 0 Å². The second kappa shape index (κ2) is 3.41. The van der Waals surface area contributed by atoms with Crippen LogP contribution in [0.4, 0.5) is 0 Å². The van der Waals surface area contributed by atoms with Gasteiger partial charge in [0.25, 0.3) is 0 Å². The molecule has 0 radical (unpaired) electrons. The number of nitrogens with zero attached hydrogens (tertiary/aromatic N) is 1. The van der Waals surface area contributed by atoms with Gasteiger partial charge < -0.3 is 4.90 Å². The summed E-state index contributed by atoms with van der Waals surface area (Å²) in [7, 11) is 0. The van der Waals surface area contributed by atoms with Gasteiger partial charge in [-0.15, -0.1) is 0 Å². The molecule has 0 aromatic rings. The molecular formula is C12H19NO. The maximum Gasteiger partial charge on any atom is 0.245 e. The zero-order valence-electron chi connectivity index (χ0n) is 8.96. The molecule has 1 heterocycles. The van der Waals surface area contributed by atoms with Crippen molar-refractivity contribution in [2.75, 3.05) is 13.1 Å². The third-order valence-corrected chi connectivity index (χ3v) is 3.92. The topological polar surface area (TPSA) is 20.3 Å². The Bertz CT molecular complexity index is 253. The fourth-order valence-corrected chi connectivity index (χ4v) is 3.01. The second-order valence-electron chi connectivity index (χ2n) is 4.92. The average molecular weight is 193 g/mol. The summed E-state index contributed by atoms with van der Waals surface area (Å²) in [6.07, 6.45) is 6.76. The summed E-state index contributed by atoms with van der Waals surface area (Å²) in [6.45, 7) is 7.75. The molecule has 0 aromatic carbocycles. The Morgan fingerprint density at radius 1 is 1.64 bits per heavy atom. The Balaban J connectivity index is 1.87. The summed E-state index contributed by atoms with van der Waals surface area (Å²) in [5.41, 5.74) is 0.499. The molecule has 1 saturated heterocycles. The van der Waals surface area contributed by atoms with Crippen LogP contribution >= 0.6 is 0 Å². The predicted molar refractivity (Wildman–Crippen MR) is 56.8 cm³/mol. The minimum Gasteiger partial charge on any atom is -0.338 e. The normalized spacial score (nSPS) is 28.9. The number of amides is 1. The average Bonchev–Trinajstić information content (AvgIpc) is 2.58. The summed E-state index contributed by atoms with van der Waals surface area (Å²) in [6, 6.07) is 0. The molecule has 2 fully saturated rings. The molecule has 1 spiro atoms. The molecule has 0 bridgehead atoms. The first-order valence-corrected chi connectivity index (χ1v) is 5.60. The van der Waals surface area contributed by atoms with Crippen molar-refractivity contribution in [2.24, 2.45) is 11.3 Å². The first-order chi connectivity index (χ1) is 6.69. The molecule has 2 aliphatic rings. The van der Waals surface area contributed by atoms with Crippen molar-refractivity contribution in [1.82, 2.24) is 4.90 Å². The third kappa shape index (κ3) is 1.47. The lowest BCUT2D eigenvalue weighted by atomic mass is 9.77. The Labute approximate surface area is 86.0 Å². The molecule has 1 unspecified atom stereocenters. The van der Waals surface area contributed by atoms with Crippen LogP contribution in [-0.4, -0.2) is 23.9 Å². The predicted octanol–water partition coefficient (Wildman–Crippen LogP) is 2.21. The van der Waals surface area contributed by atoms with Crippen molar-refractivity contribution in [2.45, 2.75) is 32.6 Å². The maximum atomic E-state index is 11.3. The highest BCUT2D eigenvalue weighted by Gasteiger charge is 2.48. The van der Waals surface area contributed by atoms with E-state index in [4.69, 9.17) is 0 Å². The molecule has 2 heteroatoms. The molecule has 0 aromatic heterocycles. The van der Waals surface area contributed by atoms with Crippen LogP contribution in [0.15, 0.2) is 12.7 Å². The van der Waals surface area contributed by atoms with E-state index < -0.39 is 0 Å². The summed E-state index contributed by atoms with van der Waals surface area (Å²) < 4.78 is 0. The molecule has 1 atom stereocenters. The summed E-state index contributed by atoms with van der Waals surface area (Å²) in [4.78, 5) is 13.2. The molecule has 2 nitrogen and oxygen atoms in total. The van der Waals surface area contributed by atoms with E-state index in [0.717, 1.165) is 19.0 Å². The van der Waals surface area contributed by atoms with Gasteiger partial charge in [0.1, 0.15) is 0 Å². The van der Waals surface area contributed by atoms with Crippen molar-refractivity contribution < 1.29 is 4.79 Å². The monoisotopic (exact) mass is 193 g/mol. The number of rotatable bonds is 2. The molecule has 78 valence electrons. The van der Waals surface area contributed by atoms with Gasteiger partial charge in [0, 0.05) is 18.5 Å². The molecule has 1 saturated carbocycles. The standard InChI is InChI=1S/C12H19NO/c1-3-10-5-6-12(7-10)8-13(9-12)11(14)4-2/h4,10H,2-3,5-9H2,1H3. The van der Waals surface area contributed by atoms with Crippen molar-refractivity contribution in [3.63, 3.8) is 0 Å². The van der Waals surface area contributed by atoms with E-state index in [1.807, 2.05) is 4.90 Å². The van der Waals surface area contributed by atoms with Gasteiger partial charge in [-0.2, -0.15) is 0 Å². The number of likely N-dealkylation sites (tertiary alicyclic amines) is 1. The summed E-state index contributed by atoms with van der Waals surface area (Å²) in [5, 5.41) is 0. The lowest BCUT2D eigenvalue weighted by Crippen LogP contribution is -2.56. The van der Waals surface area contributed by atoms with E-state index >= 15 is 0 Å². The SMILES string of the molecule is C=CC(=O)N1CC2(CCC(CC)C2)C1. The Morgan fingerprint density at radius 2 is 2.36 bits per heavy atom. The van der Waals surface area contributed by atoms with Crippen molar-refractivity contribution >= 4 is 5.91 Å². The van der Waals surface area contributed by atoms with Gasteiger partial charge in [-0.1, -0.05) is 19.9 Å². The van der Waals surface area contributed by atoms with E-state index in [1.54, 1.807) is 0 Å². The maximum absolute atomic E-state index is 11.3. The largest absolute Gasteiger partial charge is 0.338 e. The first kappa shape index (κ1) is 9.75. The van der Waals surface area contributed by atoms with Crippen LogP contribution in [-0.2, 0) is 4.79 Å². The van der Waals surface area contributed by atoms with E-state index in [9.17, 15) is 4.79 Å². The molecule has 14 heavy (non-hydrogen) atoms. The lowest BCUT2D eigenvalue weighted by Gasteiger charge is -2.48. The van der Waals surface area contributed by atoms with Crippen LogP contribution in [0.3, 0.4) is 0 Å². The highest BCUT2D eigenvalue weighted by molar-refractivity contribution is 5.87. The van der Waals surface area contributed by atoms with Crippen molar-refractivity contribution in [3.05, 3.63) is 12.7 Å². The molecule has 1 aliphatic carbocycles. The molecule has 1 amide bonds. The van der Waals surface area contributed by atoms with Gasteiger partial charge in [-0.3, -0.25) is 4.79 Å². The van der Waals surface area contributed by atoms with E-state index in [-0.39, 0.29) is 5.91 Å². The fraction of sp³-hybridized carbons (Fsp3) is 0.750. The highest BCUT2D eigenvalue weighted by Crippen LogP contribution is 2.48. The van der Waals surface area contributed by atoms with Gasteiger partial charge in [-0.05, 0) is 31.3 Å². The van der Waals surface area contributed by atoms with E-state index in [0.29, 0.717) is 5.41 Å². The minimum absolute atomic E-state index is 0.107. The molecule has 2 rings (SSSR count). The van der Waals surface area contributed by atoms with Gasteiger partial charge in [0.05, 0.1) is 0 Å². The van der Waals surface area contributed by atoms with Crippen LogP contribution in [0.25, 0.3) is 0 Å². The minimum atomic E-state index is 0.107. The summed E-state index contributed by atoms with van der Waals surface area (Å²) in [5.74, 6) is 1.02. The fourth-order valence-electron chi connectivity index (χ4n) is 3.01. The first-order valence-electron chi connectivity index (χ1n) is 5.60. The van der Waals surface area contributed by atoms with Gasteiger partial charge in [0.2, 0.25) is 5.91 Å². The number of carbonyl (C=O) groups is 1. The second-order valence-corrected chi connectivity index (χ2v) is 4.92. The van der Waals surface area contributed by atoms with Gasteiger partial charge in [0.15, 0.2) is 0 Å². The Hall–Kier alpha value is -0.790.